The number of carbonyl (C=O) groups excluding carboxylic acids is 1. The van der Waals surface area contributed by atoms with Gasteiger partial charge in [0.25, 0.3) is 0 Å². The van der Waals surface area contributed by atoms with Crippen molar-refractivity contribution in [3.8, 4) is 0 Å². The van der Waals surface area contributed by atoms with Crippen LogP contribution in [0.4, 0.5) is 0 Å². The third-order valence-electron chi connectivity index (χ3n) is 4.89. The Bertz CT molecular complexity index is 400. The van der Waals surface area contributed by atoms with Crippen LogP contribution in [0.2, 0.25) is 0 Å². The Labute approximate surface area is 91.2 Å². The van der Waals surface area contributed by atoms with Crippen molar-refractivity contribution >= 4 is 5.78 Å². The van der Waals surface area contributed by atoms with Crippen molar-refractivity contribution in [1.82, 2.24) is 0 Å². The van der Waals surface area contributed by atoms with E-state index in [1.165, 1.54) is 12.0 Å². The van der Waals surface area contributed by atoms with Crippen LogP contribution < -0.4 is 0 Å². The minimum atomic E-state index is -0.150. The normalized spacial score (nSPS) is 45.5. The lowest BCUT2D eigenvalue weighted by Crippen LogP contribution is -2.55. The van der Waals surface area contributed by atoms with E-state index in [0.717, 1.165) is 6.42 Å². The van der Waals surface area contributed by atoms with Crippen molar-refractivity contribution in [2.75, 3.05) is 0 Å². The molecule has 0 radical (unpaired) electrons. The van der Waals surface area contributed by atoms with E-state index >= 15 is 0 Å². The van der Waals surface area contributed by atoms with E-state index in [9.17, 15) is 4.79 Å². The molecule has 1 heteroatoms. The topological polar surface area (TPSA) is 17.1 Å². The summed E-state index contributed by atoms with van der Waals surface area (Å²) in [6.45, 7) is 6.47. The maximum absolute atomic E-state index is 12.6. The molecule has 0 aromatic rings. The average Bonchev–Trinajstić information content (AvgIpc) is 2.56. The number of fused-ring (bicyclic) bond motifs is 1. The highest BCUT2D eigenvalue weighted by atomic mass is 16.1. The summed E-state index contributed by atoms with van der Waals surface area (Å²) in [6, 6.07) is 0. The quantitative estimate of drug-likeness (QED) is 0.551. The van der Waals surface area contributed by atoms with E-state index in [1.807, 2.05) is 0 Å². The Morgan fingerprint density at radius 1 is 1.40 bits per heavy atom. The first kappa shape index (κ1) is 9.38. The van der Waals surface area contributed by atoms with Crippen LogP contribution in [0.1, 0.15) is 33.6 Å². The summed E-state index contributed by atoms with van der Waals surface area (Å²) in [6.07, 6.45) is 8.86. The molecule has 3 atom stereocenters. The zero-order valence-electron chi connectivity index (χ0n) is 9.71. The molecule has 80 valence electrons. The third kappa shape index (κ3) is 0.878. The van der Waals surface area contributed by atoms with Gasteiger partial charge in [-0.1, -0.05) is 37.6 Å². The van der Waals surface area contributed by atoms with E-state index in [-0.39, 0.29) is 10.8 Å². The SMILES string of the molecule is CC1=C[C@@]23CC=C[C@H]2C[C@@H]1C(C)(C)C3=O. The van der Waals surface area contributed by atoms with Crippen molar-refractivity contribution in [3.05, 3.63) is 23.8 Å². The highest BCUT2D eigenvalue weighted by Crippen LogP contribution is 2.61. The minimum Gasteiger partial charge on any atom is -0.298 e. The average molecular weight is 202 g/mol. The van der Waals surface area contributed by atoms with Crippen LogP contribution in [0.25, 0.3) is 0 Å². The van der Waals surface area contributed by atoms with Crippen molar-refractivity contribution in [3.63, 3.8) is 0 Å². The number of hydrogen-bond donors (Lipinski definition) is 0. The Hall–Kier alpha value is -0.850. The number of carbonyl (C=O) groups is 1. The van der Waals surface area contributed by atoms with Gasteiger partial charge in [0.15, 0.2) is 0 Å². The van der Waals surface area contributed by atoms with Gasteiger partial charge in [-0.15, -0.1) is 0 Å². The van der Waals surface area contributed by atoms with Gasteiger partial charge in [-0.3, -0.25) is 4.79 Å². The minimum absolute atomic E-state index is 0.138. The van der Waals surface area contributed by atoms with Crippen LogP contribution in [0.5, 0.6) is 0 Å². The van der Waals surface area contributed by atoms with Gasteiger partial charge in [0, 0.05) is 5.41 Å². The first-order valence-corrected chi connectivity index (χ1v) is 5.89. The van der Waals surface area contributed by atoms with Gasteiger partial charge < -0.3 is 0 Å². The van der Waals surface area contributed by atoms with Gasteiger partial charge in [-0.25, -0.2) is 0 Å². The molecule has 4 aliphatic rings. The molecule has 0 aromatic carbocycles. The summed E-state index contributed by atoms with van der Waals surface area (Å²) < 4.78 is 0. The lowest BCUT2D eigenvalue weighted by atomic mass is 9.48. The van der Waals surface area contributed by atoms with Crippen LogP contribution in [0.15, 0.2) is 23.8 Å². The van der Waals surface area contributed by atoms with Crippen molar-refractivity contribution in [2.24, 2.45) is 22.7 Å². The van der Waals surface area contributed by atoms with E-state index < -0.39 is 0 Å². The maximum atomic E-state index is 12.6. The van der Waals surface area contributed by atoms with Crippen LogP contribution >= 0.6 is 0 Å². The molecule has 1 spiro atoms. The number of allylic oxidation sites excluding steroid dienone is 4. The summed E-state index contributed by atoms with van der Waals surface area (Å²) in [5.41, 5.74) is 1.16. The molecule has 1 nitrogen and oxygen atoms in total. The van der Waals surface area contributed by atoms with Crippen LogP contribution in [0.3, 0.4) is 0 Å². The molecule has 4 aliphatic carbocycles. The van der Waals surface area contributed by atoms with Gasteiger partial charge in [-0.2, -0.15) is 0 Å². The Morgan fingerprint density at radius 3 is 2.87 bits per heavy atom. The summed E-state index contributed by atoms with van der Waals surface area (Å²) in [5.74, 6) is 1.44. The van der Waals surface area contributed by atoms with Crippen LogP contribution in [-0.4, -0.2) is 5.78 Å². The number of rotatable bonds is 0. The molecular formula is C14H18O. The predicted octanol–water partition coefficient (Wildman–Crippen LogP) is 3.12. The molecular weight excluding hydrogens is 184 g/mol. The van der Waals surface area contributed by atoms with Crippen molar-refractivity contribution < 1.29 is 4.79 Å². The fourth-order valence-electron chi connectivity index (χ4n) is 4.10. The smallest absolute Gasteiger partial charge is 0.149 e. The third-order valence-corrected chi connectivity index (χ3v) is 4.89. The van der Waals surface area contributed by atoms with Gasteiger partial charge in [0.05, 0.1) is 5.41 Å². The highest BCUT2D eigenvalue weighted by molar-refractivity contribution is 5.95. The number of hydrogen-bond acceptors (Lipinski definition) is 1. The van der Waals surface area contributed by atoms with Gasteiger partial charge in [0.1, 0.15) is 5.78 Å². The summed E-state index contributed by atoms with van der Waals surface area (Å²) >= 11 is 0. The van der Waals surface area contributed by atoms with Gasteiger partial charge in [-0.05, 0) is 31.6 Å². The standard InChI is InChI=1S/C14H18O/c1-9-8-14-6-4-5-10(14)7-11(9)13(2,3)12(14)15/h4-5,8,10-11H,6-7H2,1-3H3/t10-,11-,14-/m0/s1. The Morgan fingerprint density at radius 2 is 2.13 bits per heavy atom. The molecule has 0 N–H and O–H groups in total. The second kappa shape index (κ2) is 2.45. The Kier molecular flexibility index (Phi) is 1.53. The highest BCUT2D eigenvalue weighted by Gasteiger charge is 2.60. The van der Waals surface area contributed by atoms with E-state index in [2.05, 4.69) is 39.0 Å². The zero-order valence-corrected chi connectivity index (χ0v) is 9.71. The molecule has 2 bridgehead atoms. The summed E-state index contributed by atoms with van der Waals surface area (Å²) in [7, 11) is 0. The maximum Gasteiger partial charge on any atom is 0.149 e. The monoisotopic (exact) mass is 202 g/mol. The van der Waals surface area contributed by atoms with Crippen molar-refractivity contribution in [1.29, 1.82) is 0 Å². The molecule has 0 saturated heterocycles. The molecule has 1 saturated carbocycles. The lowest BCUT2D eigenvalue weighted by Gasteiger charge is -2.53. The molecule has 4 rings (SSSR count). The molecule has 0 aromatic heterocycles. The Balaban J connectivity index is 2.21. The molecule has 0 aliphatic heterocycles. The van der Waals surface area contributed by atoms with E-state index in [4.69, 9.17) is 0 Å². The summed E-state index contributed by atoms with van der Waals surface area (Å²) in [4.78, 5) is 12.6. The van der Waals surface area contributed by atoms with E-state index in [1.54, 1.807) is 0 Å². The number of Topliss-reactive ketones (excluding diaryl/α,β-unsaturated/α-hetero) is 1. The first-order chi connectivity index (χ1) is 6.98. The van der Waals surface area contributed by atoms with Gasteiger partial charge in [0.2, 0.25) is 0 Å². The second-order valence-corrected chi connectivity index (χ2v) is 6.01. The van der Waals surface area contributed by atoms with Gasteiger partial charge >= 0.3 is 0 Å². The predicted molar refractivity (Wildman–Crippen MR) is 60.3 cm³/mol. The molecule has 1 fully saturated rings. The van der Waals surface area contributed by atoms with E-state index in [0.29, 0.717) is 17.6 Å². The molecule has 15 heavy (non-hydrogen) atoms. The summed E-state index contributed by atoms with van der Waals surface area (Å²) in [5, 5.41) is 0. The van der Waals surface area contributed by atoms with Crippen LogP contribution in [-0.2, 0) is 4.79 Å². The van der Waals surface area contributed by atoms with Crippen molar-refractivity contribution in [2.45, 2.75) is 33.6 Å². The fourth-order valence-corrected chi connectivity index (χ4v) is 4.10. The fraction of sp³-hybridized carbons (Fsp3) is 0.643. The van der Waals surface area contributed by atoms with Crippen LogP contribution in [0, 0.1) is 22.7 Å². The largest absolute Gasteiger partial charge is 0.298 e. The first-order valence-electron chi connectivity index (χ1n) is 5.89. The number of ketones is 1. The molecule has 0 unspecified atom stereocenters. The molecule has 0 amide bonds. The zero-order chi connectivity index (χ0) is 10.8. The second-order valence-electron chi connectivity index (χ2n) is 6.01. The molecule has 0 heterocycles. The lowest BCUT2D eigenvalue weighted by molar-refractivity contribution is -0.145.